The molecule has 3 atom stereocenters. The summed E-state index contributed by atoms with van der Waals surface area (Å²) >= 11 is 3.24. The fourth-order valence-electron chi connectivity index (χ4n) is 4.46. The van der Waals surface area contributed by atoms with Crippen LogP contribution < -0.4 is 11.1 Å². The van der Waals surface area contributed by atoms with Crippen LogP contribution in [0.25, 0.3) is 0 Å². The minimum absolute atomic E-state index is 0.0551. The van der Waals surface area contributed by atoms with Gasteiger partial charge in [-0.1, -0.05) is 34.2 Å². The third kappa shape index (κ3) is 7.44. The number of anilines is 1. The highest BCUT2D eigenvalue weighted by atomic mass is 32.2. The van der Waals surface area contributed by atoms with Crippen molar-refractivity contribution in [3.8, 4) is 0 Å². The van der Waals surface area contributed by atoms with Crippen LogP contribution in [0.1, 0.15) is 11.3 Å². The van der Waals surface area contributed by atoms with Crippen LogP contribution in [0.3, 0.4) is 0 Å². The van der Waals surface area contributed by atoms with Gasteiger partial charge in [-0.05, 0) is 28.1 Å². The number of β-lactam (4-membered cyclic amide) rings is 1. The molecule has 22 heteroatoms. The maximum atomic E-state index is 13.3. The maximum Gasteiger partial charge on any atom is 0.355 e. The van der Waals surface area contributed by atoms with E-state index in [1.807, 2.05) is 0 Å². The molecule has 0 saturated carbocycles. The first-order valence-corrected chi connectivity index (χ1v) is 16.3. The summed E-state index contributed by atoms with van der Waals surface area (Å²) in [5, 5.41) is 41.9. The van der Waals surface area contributed by atoms with Crippen LogP contribution in [-0.4, -0.2) is 112 Å². The van der Waals surface area contributed by atoms with Crippen LogP contribution in [-0.2, 0) is 42.0 Å². The summed E-state index contributed by atoms with van der Waals surface area (Å²) in [4.78, 5) is 65.8. The first-order valence-electron chi connectivity index (χ1n) is 13.4. The lowest BCUT2D eigenvalue weighted by Gasteiger charge is -2.53. The van der Waals surface area contributed by atoms with Gasteiger partial charge in [0.15, 0.2) is 16.6 Å². The van der Waals surface area contributed by atoms with Gasteiger partial charge >= 0.3 is 11.9 Å². The number of hydrogen-bond acceptors (Lipinski definition) is 16. The van der Waals surface area contributed by atoms with Gasteiger partial charge in [-0.25, -0.2) is 18.9 Å². The topological polar surface area (TPSA) is 250 Å². The highest BCUT2D eigenvalue weighted by molar-refractivity contribution is 8.00. The number of rotatable bonds is 14. The van der Waals surface area contributed by atoms with Gasteiger partial charge in [0.25, 0.3) is 5.91 Å². The van der Waals surface area contributed by atoms with Gasteiger partial charge in [0, 0.05) is 23.4 Å². The van der Waals surface area contributed by atoms with Gasteiger partial charge in [0.1, 0.15) is 42.1 Å². The predicted octanol–water partition coefficient (Wildman–Crippen LogP) is 0.122. The molecule has 47 heavy (non-hydrogen) atoms. The number of amides is 2. The molecular weight excluding hydrogens is 684 g/mol. The molecule has 5 N–H and O–H groups in total. The van der Waals surface area contributed by atoms with Crippen molar-refractivity contribution in [3.05, 3.63) is 46.7 Å². The normalized spacial score (nSPS) is 21.1. The van der Waals surface area contributed by atoms with Crippen molar-refractivity contribution in [2.75, 3.05) is 30.9 Å². The van der Waals surface area contributed by atoms with E-state index in [0.717, 1.165) is 27.8 Å². The SMILES string of the molecule is CON=C(Cn1nnnc1SCC1(C(=O)O)CS[C@@H]2C(NC(=O)C(=NOCc3ccc(F)cc3)c3csc(N)n3)C(=O)N2C1)C(=O)O. The highest BCUT2D eigenvalue weighted by Gasteiger charge is 2.57. The minimum Gasteiger partial charge on any atom is -0.481 e. The molecule has 4 heterocycles. The zero-order valence-corrected chi connectivity index (χ0v) is 26.6. The fraction of sp³-hybridized carbons (Fsp3) is 0.360. The predicted molar refractivity (Wildman–Crippen MR) is 165 cm³/mol. The number of carboxylic acid groups (broad SMARTS) is 2. The van der Waals surface area contributed by atoms with E-state index in [2.05, 4.69) is 41.0 Å². The Hall–Kier alpha value is -4.83. The highest BCUT2D eigenvalue weighted by Crippen LogP contribution is 2.44. The van der Waals surface area contributed by atoms with Crippen molar-refractivity contribution in [2.24, 2.45) is 15.7 Å². The number of nitrogens with one attached hydrogen (secondary N) is 1. The number of tetrazole rings is 1. The van der Waals surface area contributed by atoms with Crippen molar-refractivity contribution in [1.82, 2.24) is 35.4 Å². The standard InChI is InChI=1S/C25H25FN10O8S3/c1-43-31-14(21(39)40)6-36-24(30-33-34-36)47-11-25(22(41)42)9-35-19(38)17(20(35)46-10-25)29-18(37)16(15-8-45-23(27)28-15)32-44-7-12-2-4-13(26)5-3-12/h2-5,8,17,20H,6-7,9-11H2,1H3,(H2,27,28)(H,29,37)(H,39,40)(H,41,42)/t17?,20-,25?/m1/s1. The fourth-order valence-corrected chi connectivity index (χ4v) is 7.74. The van der Waals surface area contributed by atoms with Crippen LogP contribution in [0, 0.1) is 11.2 Å². The smallest absolute Gasteiger partial charge is 0.355 e. The van der Waals surface area contributed by atoms with Gasteiger partial charge in [0.2, 0.25) is 11.1 Å². The number of nitrogen functional groups attached to an aromatic ring is 1. The van der Waals surface area contributed by atoms with Crippen molar-refractivity contribution in [1.29, 1.82) is 0 Å². The molecule has 248 valence electrons. The summed E-state index contributed by atoms with van der Waals surface area (Å²) in [5.41, 5.74) is 4.43. The molecule has 0 spiro atoms. The molecule has 2 saturated heterocycles. The Balaban J connectivity index is 1.23. The van der Waals surface area contributed by atoms with Crippen molar-refractivity contribution < 1.29 is 43.5 Å². The van der Waals surface area contributed by atoms with Gasteiger partial charge in [0.05, 0.1) is 6.54 Å². The average molecular weight is 709 g/mol. The molecule has 18 nitrogen and oxygen atoms in total. The summed E-state index contributed by atoms with van der Waals surface area (Å²) in [6.45, 7) is -0.568. The molecule has 2 unspecified atom stereocenters. The lowest BCUT2D eigenvalue weighted by atomic mass is 9.89. The summed E-state index contributed by atoms with van der Waals surface area (Å²) in [7, 11) is 1.19. The number of benzene rings is 1. The third-order valence-corrected chi connectivity index (χ3v) is 10.4. The first kappa shape index (κ1) is 33.5. The third-order valence-electron chi connectivity index (χ3n) is 6.89. The second-order valence-electron chi connectivity index (χ2n) is 10.0. The molecule has 2 amide bonds. The number of oxime groups is 2. The number of nitrogens with two attached hydrogens (primary N) is 1. The van der Waals surface area contributed by atoms with E-state index in [-0.39, 0.29) is 58.6 Å². The van der Waals surface area contributed by atoms with E-state index in [0.29, 0.717) is 5.56 Å². The van der Waals surface area contributed by atoms with Crippen LogP contribution in [0.4, 0.5) is 9.52 Å². The molecule has 2 aliphatic heterocycles. The molecule has 2 aliphatic rings. The zero-order chi connectivity index (χ0) is 33.7. The van der Waals surface area contributed by atoms with Crippen molar-refractivity contribution >= 4 is 75.2 Å². The van der Waals surface area contributed by atoms with E-state index in [1.165, 1.54) is 53.4 Å². The van der Waals surface area contributed by atoms with E-state index in [4.69, 9.17) is 10.6 Å². The van der Waals surface area contributed by atoms with Crippen LogP contribution >= 0.6 is 34.9 Å². The lowest BCUT2D eigenvalue weighted by Crippen LogP contribution is -2.74. The molecular formula is C25H25FN10O8S3. The molecule has 1 aromatic carbocycles. The Labute approximate surface area is 276 Å². The second-order valence-corrected chi connectivity index (χ2v) is 13.0. The Morgan fingerprint density at radius 3 is 2.68 bits per heavy atom. The monoisotopic (exact) mass is 708 g/mol. The van der Waals surface area contributed by atoms with Crippen LogP contribution in [0.15, 0.2) is 45.1 Å². The van der Waals surface area contributed by atoms with E-state index in [9.17, 15) is 33.8 Å². The number of halogens is 1. The number of thiazole rings is 1. The Bertz CT molecular complexity index is 1740. The van der Waals surface area contributed by atoms with Gasteiger partial charge in [-0.15, -0.1) is 28.2 Å². The van der Waals surface area contributed by atoms with Crippen LogP contribution in [0.5, 0.6) is 0 Å². The summed E-state index contributed by atoms with van der Waals surface area (Å²) < 4.78 is 14.4. The molecule has 3 aromatic rings. The molecule has 5 rings (SSSR count). The summed E-state index contributed by atoms with van der Waals surface area (Å²) in [6, 6.07) is 4.53. The molecule has 0 aliphatic carbocycles. The number of nitrogens with zero attached hydrogens (tertiary/aromatic N) is 8. The van der Waals surface area contributed by atoms with Crippen LogP contribution in [0.2, 0.25) is 0 Å². The van der Waals surface area contributed by atoms with Crippen molar-refractivity contribution in [3.63, 3.8) is 0 Å². The number of carbonyl (C=O) groups excluding carboxylic acids is 2. The number of carbonyl (C=O) groups is 4. The zero-order valence-electron chi connectivity index (χ0n) is 24.2. The van der Waals surface area contributed by atoms with E-state index >= 15 is 0 Å². The quantitative estimate of drug-likeness (QED) is 0.0751. The first-order chi connectivity index (χ1) is 22.5. The van der Waals surface area contributed by atoms with Gasteiger partial charge < -0.3 is 35.8 Å². The number of aliphatic carboxylic acids is 2. The number of hydrogen-bond donors (Lipinski definition) is 4. The van der Waals surface area contributed by atoms with Gasteiger partial charge in [-0.3, -0.25) is 14.4 Å². The Morgan fingerprint density at radius 2 is 2.02 bits per heavy atom. The molecule has 2 fully saturated rings. The van der Waals surface area contributed by atoms with E-state index in [1.54, 1.807) is 0 Å². The van der Waals surface area contributed by atoms with E-state index < -0.39 is 46.4 Å². The Kier molecular flexibility index (Phi) is 10.2. The summed E-state index contributed by atoms with van der Waals surface area (Å²) in [5.74, 6) is -4.16. The van der Waals surface area contributed by atoms with Crippen molar-refractivity contribution in [2.45, 2.75) is 29.7 Å². The van der Waals surface area contributed by atoms with Gasteiger partial charge in [-0.2, -0.15) is 0 Å². The number of thioether (sulfide) groups is 2. The molecule has 0 radical (unpaired) electrons. The minimum atomic E-state index is -1.41. The number of aromatic nitrogens is 5. The number of carboxylic acids is 2. The maximum absolute atomic E-state index is 13.3. The average Bonchev–Trinajstić information content (AvgIpc) is 3.69. The molecule has 2 aromatic heterocycles. The summed E-state index contributed by atoms with van der Waals surface area (Å²) in [6.07, 6.45) is 0. The second kappa shape index (κ2) is 14.3. The Morgan fingerprint density at radius 1 is 1.26 bits per heavy atom. The lowest BCUT2D eigenvalue weighted by molar-refractivity contribution is -0.157. The molecule has 0 bridgehead atoms. The number of fused-ring (bicyclic) bond motifs is 1. The largest absolute Gasteiger partial charge is 0.481 e.